The van der Waals surface area contributed by atoms with Crippen LogP contribution in [0.2, 0.25) is 0 Å². The summed E-state index contributed by atoms with van der Waals surface area (Å²) in [6, 6.07) is 51.8. The van der Waals surface area contributed by atoms with Gasteiger partial charge < -0.3 is 9.80 Å². The Kier molecular flexibility index (Phi) is 11.2. The number of thiophene rings is 1. The molecule has 0 amide bonds. The maximum atomic E-state index is 2.68. The van der Waals surface area contributed by atoms with Gasteiger partial charge in [0, 0.05) is 48.7 Å². The van der Waals surface area contributed by atoms with Gasteiger partial charge in [-0.3, -0.25) is 0 Å². The van der Waals surface area contributed by atoms with Crippen LogP contribution in [-0.4, -0.2) is 6.71 Å². The average Bonchev–Trinajstić information content (AvgIpc) is 4.01. The molecule has 0 N–H and O–H groups in total. The minimum Gasteiger partial charge on any atom is -0.311 e. The maximum Gasteiger partial charge on any atom is 0.264 e. The van der Waals surface area contributed by atoms with Gasteiger partial charge in [-0.1, -0.05) is 196 Å². The Hall–Kier alpha value is -5.84. The van der Waals surface area contributed by atoms with Gasteiger partial charge in [0.2, 0.25) is 0 Å². The Morgan fingerprint density at radius 2 is 0.960 bits per heavy atom. The van der Waals surface area contributed by atoms with Crippen LogP contribution in [0.1, 0.15) is 180 Å². The number of aryl methyl sites for hydroxylation is 1. The molecule has 1 fully saturated rings. The third-order valence-electron chi connectivity index (χ3n) is 17.8. The first kappa shape index (κ1) is 50.0. The van der Waals surface area contributed by atoms with Crippen molar-refractivity contribution in [2.45, 2.75) is 175 Å². The fourth-order valence-corrected chi connectivity index (χ4v) is 14.6. The second-order valence-corrected chi connectivity index (χ2v) is 29.4. The highest BCUT2D eigenvalue weighted by Gasteiger charge is 2.48. The molecule has 382 valence electrons. The number of hydrogen-bond acceptors (Lipinski definition) is 3. The second kappa shape index (κ2) is 16.8. The molecule has 8 aromatic rings. The summed E-state index contributed by atoms with van der Waals surface area (Å²) in [6.45, 7) is 37.7. The van der Waals surface area contributed by atoms with Gasteiger partial charge >= 0.3 is 0 Å². The summed E-state index contributed by atoms with van der Waals surface area (Å²) in [5.41, 5.74) is 27.3. The van der Waals surface area contributed by atoms with E-state index in [2.05, 4.69) is 248 Å². The SMILES string of the molecule is Cc1cc2c3c(c1)N(c1ccc(-c4cc(C(C)(C)C)cc(C(C)(C)C)c4)cc1)c1c(sc4ccc(C(C)(C)C)cc14)B3c1cc(C(C)(C)C)ccc1N2c1ccc2c(c1)C1(CCCCC1)c1cc(C(C)(C)C)ccc1-2. The predicted octanol–water partition coefficient (Wildman–Crippen LogP) is 18.7. The van der Waals surface area contributed by atoms with Crippen molar-refractivity contribution in [2.75, 3.05) is 9.80 Å². The van der Waals surface area contributed by atoms with E-state index in [1.54, 1.807) is 5.56 Å². The van der Waals surface area contributed by atoms with E-state index in [-0.39, 0.29) is 39.2 Å². The first-order chi connectivity index (χ1) is 35.2. The van der Waals surface area contributed by atoms with Crippen LogP contribution in [0.15, 0.2) is 127 Å². The normalized spacial score (nSPS) is 16.0. The van der Waals surface area contributed by atoms with Gasteiger partial charge in [0.1, 0.15) is 0 Å². The summed E-state index contributed by atoms with van der Waals surface area (Å²) in [6.07, 6.45) is 6.26. The van der Waals surface area contributed by atoms with Crippen molar-refractivity contribution in [1.29, 1.82) is 0 Å². The molecule has 1 spiro atoms. The van der Waals surface area contributed by atoms with Crippen molar-refractivity contribution < 1.29 is 0 Å². The number of rotatable bonds is 3. The molecule has 2 aliphatic heterocycles. The third kappa shape index (κ3) is 8.08. The summed E-state index contributed by atoms with van der Waals surface area (Å²) in [7, 11) is 0. The number of nitrogens with zero attached hydrogens (tertiary/aromatic N) is 2. The summed E-state index contributed by atoms with van der Waals surface area (Å²) in [4.78, 5) is 5.34. The van der Waals surface area contributed by atoms with Crippen molar-refractivity contribution in [2.24, 2.45) is 0 Å². The van der Waals surface area contributed by atoms with Crippen LogP contribution >= 0.6 is 11.3 Å². The van der Waals surface area contributed by atoms with E-state index >= 15 is 0 Å². The zero-order chi connectivity index (χ0) is 53.1. The van der Waals surface area contributed by atoms with E-state index in [0.29, 0.717) is 0 Å². The highest BCUT2D eigenvalue weighted by molar-refractivity contribution is 7.33. The van der Waals surface area contributed by atoms with Gasteiger partial charge in [0.25, 0.3) is 6.71 Å². The van der Waals surface area contributed by atoms with Crippen molar-refractivity contribution in [3.8, 4) is 22.3 Å². The van der Waals surface area contributed by atoms with Crippen LogP contribution in [0.25, 0.3) is 32.3 Å². The molecule has 75 heavy (non-hydrogen) atoms. The molecule has 7 aromatic carbocycles. The largest absolute Gasteiger partial charge is 0.311 e. The van der Waals surface area contributed by atoms with Crippen LogP contribution in [0.3, 0.4) is 0 Å². The lowest BCUT2D eigenvalue weighted by molar-refractivity contribution is 0.352. The van der Waals surface area contributed by atoms with E-state index in [0.717, 1.165) is 0 Å². The molecule has 2 nitrogen and oxygen atoms in total. The van der Waals surface area contributed by atoms with E-state index in [1.165, 1.54) is 153 Å². The van der Waals surface area contributed by atoms with Gasteiger partial charge in [0.15, 0.2) is 0 Å². The topological polar surface area (TPSA) is 6.48 Å². The second-order valence-electron chi connectivity index (χ2n) is 28.3. The molecule has 1 saturated carbocycles. The Balaban J connectivity index is 1.10. The molecule has 2 aliphatic carbocycles. The maximum absolute atomic E-state index is 2.68. The standard InChI is InChI=1S/C71H79BN2S/c1-43-34-60-63-61(35-43)74(51-25-20-44(21-26-51)45-36-49(69(11,12)13)38-50(37-45)70(14,15)16)64-55-39-46(66(2,3)4)24-31-62(55)75-65(64)72(63)58-41-48(68(8,9)10)23-30-59(58)73(60)52-27-29-54-53-28-22-47(67(5,6)7)40-56(53)71(57(54)42-52)32-18-17-19-33-71/h20-31,34-42H,17-19,32-33H2,1-16H3. The zero-order valence-corrected chi connectivity index (χ0v) is 48.9. The Morgan fingerprint density at radius 1 is 0.440 bits per heavy atom. The Labute approximate surface area is 454 Å². The fourth-order valence-electron chi connectivity index (χ4n) is 13.3. The van der Waals surface area contributed by atoms with E-state index in [9.17, 15) is 0 Å². The molecule has 0 atom stereocenters. The van der Waals surface area contributed by atoms with E-state index in [4.69, 9.17) is 0 Å². The fraction of sp³-hybridized carbons (Fsp3) is 0.380. The molecule has 3 heterocycles. The minimum atomic E-state index is -0.0258. The number of anilines is 6. The van der Waals surface area contributed by atoms with E-state index in [1.807, 2.05) is 11.3 Å². The molecular formula is C71H79BN2S. The third-order valence-corrected chi connectivity index (χ3v) is 19.1. The molecular weight excluding hydrogens is 924 g/mol. The first-order valence-electron chi connectivity index (χ1n) is 28.2. The lowest BCUT2D eigenvalue weighted by atomic mass is 9.36. The first-order valence-corrected chi connectivity index (χ1v) is 29.0. The molecule has 0 radical (unpaired) electrons. The highest BCUT2D eigenvalue weighted by atomic mass is 32.1. The van der Waals surface area contributed by atoms with E-state index < -0.39 is 0 Å². The predicted molar refractivity (Wildman–Crippen MR) is 329 cm³/mol. The van der Waals surface area contributed by atoms with Crippen molar-refractivity contribution in [3.63, 3.8) is 0 Å². The smallest absolute Gasteiger partial charge is 0.264 e. The lowest BCUT2D eigenvalue weighted by Gasteiger charge is -2.44. The molecule has 4 aliphatic rings. The van der Waals surface area contributed by atoms with Crippen LogP contribution in [-0.2, 0) is 32.5 Å². The lowest BCUT2D eigenvalue weighted by Crippen LogP contribution is -2.60. The monoisotopic (exact) mass is 1000 g/mol. The van der Waals surface area contributed by atoms with Crippen molar-refractivity contribution in [3.05, 3.63) is 172 Å². The Morgan fingerprint density at radius 3 is 1.57 bits per heavy atom. The summed E-state index contributed by atoms with van der Waals surface area (Å²) < 4.78 is 2.77. The van der Waals surface area contributed by atoms with Crippen molar-refractivity contribution in [1.82, 2.24) is 0 Å². The van der Waals surface area contributed by atoms with Gasteiger partial charge in [-0.25, -0.2) is 0 Å². The molecule has 4 heteroatoms. The van der Waals surface area contributed by atoms with Crippen LogP contribution in [0.5, 0.6) is 0 Å². The highest BCUT2D eigenvalue weighted by Crippen LogP contribution is 2.58. The van der Waals surface area contributed by atoms with Gasteiger partial charge in [-0.2, -0.15) is 0 Å². The van der Waals surface area contributed by atoms with Crippen LogP contribution < -0.4 is 25.5 Å². The van der Waals surface area contributed by atoms with Crippen LogP contribution in [0.4, 0.5) is 34.1 Å². The molecule has 0 saturated heterocycles. The summed E-state index contributed by atoms with van der Waals surface area (Å²) in [5.74, 6) is 0. The molecule has 1 aromatic heterocycles. The molecule has 0 bridgehead atoms. The average molecular weight is 1000 g/mol. The number of benzene rings is 7. The van der Waals surface area contributed by atoms with Gasteiger partial charge in [-0.05, 0) is 179 Å². The van der Waals surface area contributed by atoms with Gasteiger partial charge in [0.05, 0.1) is 5.69 Å². The van der Waals surface area contributed by atoms with Crippen LogP contribution in [0, 0.1) is 6.92 Å². The molecule has 0 unspecified atom stereocenters. The quantitative estimate of drug-likeness (QED) is 0.163. The Bertz CT molecular complexity index is 3590. The number of fused-ring (bicyclic) bond motifs is 11. The minimum absolute atomic E-state index is 0.00117. The zero-order valence-electron chi connectivity index (χ0n) is 48.0. The summed E-state index contributed by atoms with van der Waals surface area (Å²) >= 11 is 2.01. The number of hydrogen-bond donors (Lipinski definition) is 0. The summed E-state index contributed by atoms with van der Waals surface area (Å²) in [5, 5.41) is 1.34. The van der Waals surface area contributed by atoms with Gasteiger partial charge in [-0.15, -0.1) is 11.3 Å². The molecule has 12 rings (SSSR count). The van der Waals surface area contributed by atoms with Crippen molar-refractivity contribution >= 4 is 78.0 Å².